The fourth-order valence-corrected chi connectivity index (χ4v) is 3.10. The molecule has 0 aromatic carbocycles. The Labute approximate surface area is 121 Å². The predicted molar refractivity (Wildman–Crippen MR) is 80.6 cm³/mol. The van der Waals surface area contributed by atoms with Crippen molar-refractivity contribution in [2.45, 2.75) is 13.0 Å². The number of hydrogen-bond donors (Lipinski definition) is 2. The van der Waals surface area contributed by atoms with Crippen LogP contribution in [0.1, 0.15) is 6.92 Å². The summed E-state index contributed by atoms with van der Waals surface area (Å²) in [5, 5.41) is 15.5. The van der Waals surface area contributed by atoms with Crippen molar-refractivity contribution < 1.29 is 9.84 Å². The van der Waals surface area contributed by atoms with E-state index in [2.05, 4.69) is 26.3 Å². The molecule has 1 saturated heterocycles. The number of ether oxygens (including phenoxy) is 1. The zero-order chi connectivity index (χ0) is 13.9. The second-order valence-electron chi connectivity index (χ2n) is 4.66. The summed E-state index contributed by atoms with van der Waals surface area (Å²) in [6, 6.07) is 2.05. The maximum atomic E-state index is 9.27. The lowest BCUT2D eigenvalue weighted by Crippen LogP contribution is -2.44. The van der Waals surface area contributed by atoms with E-state index in [1.807, 2.05) is 12.3 Å². The van der Waals surface area contributed by atoms with Crippen LogP contribution >= 0.6 is 11.3 Å². The number of aromatic nitrogens is 2. The summed E-state index contributed by atoms with van der Waals surface area (Å²) in [4.78, 5) is 12.3. The molecule has 0 aliphatic carbocycles. The van der Waals surface area contributed by atoms with E-state index in [9.17, 15) is 5.11 Å². The molecule has 0 bridgehead atoms. The number of nitrogens with one attached hydrogen (secondary N) is 1. The first-order valence-electron chi connectivity index (χ1n) is 6.78. The van der Waals surface area contributed by atoms with Gasteiger partial charge in [0.05, 0.1) is 24.7 Å². The van der Waals surface area contributed by atoms with E-state index in [1.165, 1.54) is 0 Å². The van der Waals surface area contributed by atoms with Crippen LogP contribution in [0.2, 0.25) is 0 Å². The first-order valence-corrected chi connectivity index (χ1v) is 7.66. The van der Waals surface area contributed by atoms with Crippen LogP contribution in [0, 0.1) is 0 Å². The van der Waals surface area contributed by atoms with Gasteiger partial charge in [-0.2, -0.15) is 4.98 Å². The highest BCUT2D eigenvalue weighted by atomic mass is 32.1. The lowest BCUT2D eigenvalue weighted by Gasteiger charge is -2.33. The summed E-state index contributed by atoms with van der Waals surface area (Å²) in [6.07, 6.45) is -0.144. The van der Waals surface area contributed by atoms with Crippen LogP contribution in [0.4, 0.5) is 11.8 Å². The maximum absolute atomic E-state index is 9.27. The zero-order valence-corrected chi connectivity index (χ0v) is 12.2. The molecule has 7 heteroatoms. The van der Waals surface area contributed by atoms with Crippen LogP contribution in [0.15, 0.2) is 11.4 Å². The average molecular weight is 294 g/mol. The molecule has 20 heavy (non-hydrogen) atoms. The Morgan fingerprint density at radius 1 is 1.55 bits per heavy atom. The van der Waals surface area contributed by atoms with Gasteiger partial charge in [0.25, 0.3) is 0 Å². The molecule has 108 valence electrons. The van der Waals surface area contributed by atoms with E-state index in [-0.39, 0.29) is 12.7 Å². The standard InChI is InChI=1S/C13H18N4O2S/c1-2-14-13-15-11(10-3-6-20-12(10)16-13)17-4-5-19-9(7-17)8-18/h3,6,9,18H,2,4-5,7-8H2,1H3,(H,14,15,16). The van der Waals surface area contributed by atoms with Gasteiger partial charge < -0.3 is 20.1 Å². The molecule has 0 saturated carbocycles. The molecule has 1 fully saturated rings. The SMILES string of the molecule is CCNc1nc(N2CCOC(CO)C2)c2ccsc2n1. The van der Waals surface area contributed by atoms with Crippen molar-refractivity contribution in [3.63, 3.8) is 0 Å². The number of rotatable bonds is 4. The Bertz CT molecular complexity index is 589. The summed E-state index contributed by atoms with van der Waals surface area (Å²) >= 11 is 1.61. The van der Waals surface area contributed by atoms with Crippen LogP contribution in [0.5, 0.6) is 0 Å². The Kier molecular flexibility index (Phi) is 4.00. The molecule has 0 amide bonds. The van der Waals surface area contributed by atoms with E-state index in [4.69, 9.17) is 4.74 Å². The molecule has 2 N–H and O–H groups in total. The van der Waals surface area contributed by atoms with Crippen molar-refractivity contribution in [3.8, 4) is 0 Å². The van der Waals surface area contributed by atoms with Gasteiger partial charge in [-0.3, -0.25) is 0 Å². The highest BCUT2D eigenvalue weighted by Gasteiger charge is 2.23. The van der Waals surface area contributed by atoms with Crippen molar-refractivity contribution in [2.75, 3.05) is 43.1 Å². The summed E-state index contributed by atoms with van der Waals surface area (Å²) in [7, 11) is 0. The number of aliphatic hydroxyl groups excluding tert-OH is 1. The van der Waals surface area contributed by atoms with Crippen molar-refractivity contribution in [1.29, 1.82) is 0 Å². The van der Waals surface area contributed by atoms with E-state index in [0.717, 1.165) is 29.1 Å². The third-order valence-corrected chi connectivity index (χ3v) is 4.09. The van der Waals surface area contributed by atoms with Crippen LogP contribution in [0.3, 0.4) is 0 Å². The van der Waals surface area contributed by atoms with Crippen LogP contribution < -0.4 is 10.2 Å². The minimum atomic E-state index is -0.144. The Hall–Kier alpha value is -1.44. The Morgan fingerprint density at radius 2 is 2.45 bits per heavy atom. The van der Waals surface area contributed by atoms with Crippen LogP contribution in [0.25, 0.3) is 10.2 Å². The normalized spacial score (nSPS) is 19.5. The molecule has 3 rings (SSSR count). The molecular formula is C13H18N4O2S. The smallest absolute Gasteiger partial charge is 0.226 e. The van der Waals surface area contributed by atoms with Crippen molar-refractivity contribution in [2.24, 2.45) is 0 Å². The number of aliphatic hydroxyl groups is 1. The molecule has 1 atom stereocenters. The van der Waals surface area contributed by atoms with Gasteiger partial charge in [-0.05, 0) is 18.4 Å². The highest BCUT2D eigenvalue weighted by Crippen LogP contribution is 2.30. The second-order valence-corrected chi connectivity index (χ2v) is 5.56. The molecule has 3 heterocycles. The summed E-state index contributed by atoms with van der Waals surface area (Å²) in [5.74, 6) is 1.58. The number of hydrogen-bond acceptors (Lipinski definition) is 7. The molecule has 2 aromatic rings. The van der Waals surface area contributed by atoms with Gasteiger partial charge in [0.2, 0.25) is 5.95 Å². The monoisotopic (exact) mass is 294 g/mol. The van der Waals surface area contributed by atoms with Crippen molar-refractivity contribution in [3.05, 3.63) is 11.4 Å². The molecule has 0 radical (unpaired) electrons. The topological polar surface area (TPSA) is 70.5 Å². The van der Waals surface area contributed by atoms with Crippen molar-refractivity contribution >= 4 is 33.3 Å². The fourth-order valence-electron chi connectivity index (χ4n) is 2.34. The number of morpholine rings is 1. The number of fused-ring (bicyclic) bond motifs is 1. The number of anilines is 2. The van der Waals surface area contributed by atoms with Gasteiger partial charge in [-0.25, -0.2) is 4.98 Å². The predicted octanol–water partition coefficient (Wildman–Crippen LogP) is 1.32. The third kappa shape index (κ3) is 2.56. The fraction of sp³-hybridized carbons (Fsp3) is 0.538. The highest BCUT2D eigenvalue weighted by molar-refractivity contribution is 7.16. The second kappa shape index (κ2) is 5.90. The molecule has 1 aliphatic heterocycles. The first kappa shape index (κ1) is 13.5. The quantitative estimate of drug-likeness (QED) is 0.886. The largest absolute Gasteiger partial charge is 0.394 e. The molecule has 1 aliphatic rings. The van der Waals surface area contributed by atoms with Crippen LogP contribution in [-0.4, -0.2) is 54.0 Å². The molecule has 6 nitrogen and oxygen atoms in total. The van der Waals surface area contributed by atoms with Gasteiger partial charge in [-0.15, -0.1) is 11.3 Å². The summed E-state index contributed by atoms with van der Waals surface area (Å²) < 4.78 is 5.50. The van der Waals surface area contributed by atoms with E-state index < -0.39 is 0 Å². The van der Waals surface area contributed by atoms with Crippen LogP contribution in [-0.2, 0) is 4.74 Å². The third-order valence-electron chi connectivity index (χ3n) is 3.28. The van der Waals surface area contributed by atoms with Gasteiger partial charge in [0.15, 0.2) is 0 Å². The molecule has 0 spiro atoms. The van der Waals surface area contributed by atoms with E-state index >= 15 is 0 Å². The average Bonchev–Trinajstić information content (AvgIpc) is 2.95. The number of nitrogens with zero attached hydrogens (tertiary/aromatic N) is 3. The van der Waals surface area contributed by atoms with Crippen molar-refractivity contribution in [1.82, 2.24) is 9.97 Å². The molecule has 1 unspecified atom stereocenters. The minimum absolute atomic E-state index is 0.0361. The first-order chi connectivity index (χ1) is 9.81. The lowest BCUT2D eigenvalue weighted by atomic mass is 10.2. The van der Waals surface area contributed by atoms with E-state index in [1.54, 1.807) is 11.3 Å². The van der Waals surface area contributed by atoms with Gasteiger partial charge >= 0.3 is 0 Å². The maximum Gasteiger partial charge on any atom is 0.226 e. The van der Waals surface area contributed by atoms with Gasteiger partial charge in [0.1, 0.15) is 10.6 Å². The number of thiophene rings is 1. The summed E-state index contributed by atoms with van der Waals surface area (Å²) in [5.41, 5.74) is 0. The Morgan fingerprint density at radius 3 is 3.25 bits per heavy atom. The summed E-state index contributed by atoms with van der Waals surface area (Å²) in [6.45, 7) is 4.90. The minimum Gasteiger partial charge on any atom is -0.394 e. The molecule has 2 aromatic heterocycles. The van der Waals surface area contributed by atoms with Gasteiger partial charge in [0, 0.05) is 19.6 Å². The molecular weight excluding hydrogens is 276 g/mol. The van der Waals surface area contributed by atoms with E-state index in [0.29, 0.717) is 19.1 Å². The lowest BCUT2D eigenvalue weighted by molar-refractivity contribution is 0.00344. The zero-order valence-electron chi connectivity index (χ0n) is 11.4. The Balaban J connectivity index is 1.98. The van der Waals surface area contributed by atoms with Gasteiger partial charge in [-0.1, -0.05) is 0 Å².